The SMILES string of the molecule is CC(=N)C(N)c1cccc(Cl)c1. The molecule has 1 atom stereocenters. The molecule has 0 saturated heterocycles. The molecule has 3 N–H and O–H groups in total. The predicted octanol–water partition coefficient (Wildman–Crippen LogP) is 2.38. The van der Waals surface area contributed by atoms with Crippen molar-refractivity contribution in [3.8, 4) is 0 Å². The average molecular weight is 183 g/mol. The van der Waals surface area contributed by atoms with Gasteiger partial charge in [-0.25, -0.2) is 0 Å². The lowest BCUT2D eigenvalue weighted by atomic mass is 10.0. The zero-order valence-corrected chi connectivity index (χ0v) is 7.60. The monoisotopic (exact) mass is 182 g/mol. The van der Waals surface area contributed by atoms with Gasteiger partial charge in [-0.1, -0.05) is 23.7 Å². The van der Waals surface area contributed by atoms with Gasteiger partial charge in [0.1, 0.15) is 0 Å². The summed E-state index contributed by atoms with van der Waals surface area (Å²) in [6.45, 7) is 1.69. The standard InChI is InChI=1S/C9H11ClN2/c1-6(11)9(12)7-3-2-4-8(10)5-7/h2-5,9,11H,12H2,1H3. The van der Waals surface area contributed by atoms with Crippen LogP contribution in [-0.4, -0.2) is 5.71 Å². The third-order valence-corrected chi connectivity index (χ3v) is 1.91. The van der Waals surface area contributed by atoms with Crippen LogP contribution in [0.3, 0.4) is 0 Å². The van der Waals surface area contributed by atoms with Crippen molar-refractivity contribution in [2.24, 2.45) is 5.73 Å². The molecular formula is C9H11ClN2. The van der Waals surface area contributed by atoms with E-state index in [0.717, 1.165) is 5.56 Å². The molecule has 2 nitrogen and oxygen atoms in total. The Balaban J connectivity index is 2.95. The molecule has 12 heavy (non-hydrogen) atoms. The lowest BCUT2D eigenvalue weighted by Gasteiger charge is -2.09. The number of nitrogens with one attached hydrogen (secondary N) is 1. The van der Waals surface area contributed by atoms with Crippen molar-refractivity contribution in [1.29, 1.82) is 5.41 Å². The third kappa shape index (κ3) is 2.06. The first kappa shape index (κ1) is 9.23. The molecule has 1 aromatic carbocycles. The van der Waals surface area contributed by atoms with Crippen LogP contribution in [0.5, 0.6) is 0 Å². The summed E-state index contributed by atoms with van der Waals surface area (Å²) in [6.07, 6.45) is 0. The van der Waals surface area contributed by atoms with Gasteiger partial charge < -0.3 is 11.1 Å². The fraction of sp³-hybridized carbons (Fsp3) is 0.222. The maximum Gasteiger partial charge on any atom is 0.0677 e. The van der Waals surface area contributed by atoms with Gasteiger partial charge in [-0.3, -0.25) is 0 Å². The van der Waals surface area contributed by atoms with Crippen LogP contribution in [0.15, 0.2) is 24.3 Å². The third-order valence-electron chi connectivity index (χ3n) is 1.67. The van der Waals surface area contributed by atoms with Crippen molar-refractivity contribution < 1.29 is 0 Å². The second-order valence-corrected chi connectivity index (χ2v) is 3.15. The van der Waals surface area contributed by atoms with Crippen molar-refractivity contribution in [3.63, 3.8) is 0 Å². The summed E-state index contributed by atoms with van der Waals surface area (Å²) in [6, 6.07) is 6.94. The molecule has 0 fully saturated rings. The Morgan fingerprint density at radius 1 is 1.58 bits per heavy atom. The number of halogens is 1. The van der Waals surface area contributed by atoms with E-state index >= 15 is 0 Å². The van der Waals surface area contributed by atoms with Crippen LogP contribution < -0.4 is 5.73 Å². The zero-order valence-electron chi connectivity index (χ0n) is 6.84. The van der Waals surface area contributed by atoms with E-state index in [4.69, 9.17) is 22.7 Å². The number of hydrogen-bond donors (Lipinski definition) is 2. The molecule has 64 valence electrons. The van der Waals surface area contributed by atoms with Gasteiger partial charge in [-0.2, -0.15) is 0 Å². The van der Waals surface area contributed by atoms with Crippen LogP contribution in [0.1, 0.15) is 18.5 Å². The summed E-state index contributed by atoms with van der Waals surface area (Å²) in [5.41, 5.74) is 7.05. The van der Waals surface area contributed by atoms with Crippen LogP contribution in [0.2, 0.25) is 5.02 Å². The minimum atomic E-state index is -0.330. The molecule has 3 heteroatoms. The van der Waals surface area contributed by atoms with Crippen molar-refractivity contribution in [2.75, 3.05) is 0 Å². The number of hydrogen-bond acceptors (Lipinski definition) is 2. The molecule has 0 heterocycles. The van der Waals surface area contributed by atoms with Gasteiger partial charge in [-0.05, 0) is 24.6 Å². The summed E-state index contributed by atoms with van der Waals surface area (Å²) in [5.74, 6) is 0. The van der Waals surface area contributed by atoms with E-state index in [0.29, 0.717) is 10.7 Å². The van der Waals surface area contributed by atoms with E-state index in [2.05, 4.69) is 0 Å². The minimum absolute atomic E-state index is 0.330. The highest BCUT2D eigenvalue weighted by Gasteiger charge is 2.07. The topological polar surface area (TPSA) is 49.9 Å². The molecule has 1 aromatic rings. The summed E-state index contributed by atoms with van der Waals surface area (Å²) in [7, 11) is 0. The molecule has 1 rings (SSSR count). The fourth-order valence-electron chi connectivity index (χ4n) is 0.950. The maximum atomic E-state index is 7.34. The van der Waals surface area contributed by atoms with Gasteiger partial charge in [0, 0.05) is 10.7 Å². The highest BCUT2D eigenvalue weighted by molar-refractivity contribution is 6.30. The van der Waals surface area contributed by atoms with Crippen molar-refractivity contribution >= 4 is 17.3 Å². The Bertz CT molecular complexity index is 296. The predicted molar refractivity (Wildman–Crippen MR) is 51.8 cm³/mol. The van der Waals surface area contributed by atoms with E-state index < -0.39 is 0 Å². The molecule has 0 aromatic heterocycles. The van der Waals surface area contributed by atoms with Crippen LogP contribution >= 0.6 is 11.6 Å². The van der Waals surface area contributed by atoms with Crippen LogP contribution in [0.4, 0.5) is 0 Å². The van der Waals surface area contributed by atoms with Gasteiger partial charge in [0.25, 0.3) is 0 Å². The average Bonchev–Trinajstić information content (AvgIpc) is 2.03. The van der Waals surface area contributed by atoms with E-state index in [-0.39, 0.29) is 6.04 Å². The fourth-order valence-corrected chi connectivity index (χ4v) is 1.15. The van der Waals surface area contributed by atoms with Gasteiger partial charge in [0.05, 0.1) is 6.04 Å². The van der Waals surface area contributed by atoms with Crippen molar-refractivity contribution in [3.05, 3.63) is 34.9 Å². The van der Waals surface area contributed by atoms with Crippen molar-refractivity contribution in [1.82, 2.24) is 0 Å². The van der Waals surface area contributed by atoms with E-state index in [1.807, 2.05) is 12.1 Å². The number of rotatable bonds is 2. The molecule has 0 aliphatic carbocycles. The molecule has 1 unspecified atom stereocenters. The highest BCUT2D eigenvalue weighted by atomic mass is 35.5. The summed E-state index contributed by atoms with van der Waals surface area (Å²) in [5, 5.41) is 8.00. The normalized spacial score (nSPS) is 12.6. The van der Waals surface area contributed by atoms with Crippen LogP contribution in [0, 0.1) is 5.41 Å². The first-order chi connectivity index (χ1) is 5.61. The van der Waals surface area contributed by atoms with Crippen LogP contribution in [-0.2, 0) is 0 Å². The van der Waals surface area contributed by atoms with E-state index in [1.165, 1.54) is 0 Å². The lowest BCUT2D eigenvalue weighted by molar-refractivity contribution is 0.945. The second-order valence-electron chi connectivity index (χ2n) is 2.72. The largest absolute Gasteiger partial charge is 0.319 e. The minimum Gasteiger partial charge on any atom is -0.319 e. The molecule has 0 bridgehead atoms. The van der Waals surface area contributed by atoms with Gasteiger partial charge in [0.2, 0.25) is 0 Å². The molecular weight excluding hydrogens is 172 g/mol. The maximum absolute atomic E-state index is 7.34. The zero-order chi connectivity index (χ0) is 9.14. The number of nitrogens with two attached hydrogens (primary N) is 1. The van der Waals surface area contributed by atoms with Crippen molar-refractivity contribution in [2.45, 2.75) is 13.0 Å². The summed E-state index contributed by atoms with van der Waals surface area (Å²) < 4.78 is 0. The first-order valence-corrected chi connectivity index (χ1v) is 4.05. The van der Waals surface area contributed by atoms with E-state index in [9.17, 15) is 0 Å². The first-order valence-electron chi connectivity index (χ1n) is 3.67. The quantitative estimate of drug-likeness (QED) is 0.678. The molecule has 0 saturated carbocycles. The molecule has 0 radical (unpaired) electrons. The molecule has 0 spiro atoms. The summed E-state index contributed by atoms with van der Waals surface area (Å²) in [4.78, 5) is 0. The Hall–Kier alpha value is -0.860. The van der Waals surface area contributed by atoms with E-state index in [1.54, 1.807) is 19.1 Å². The Labute approximate surface area is 76.9 Å². The lowest BCUT2D eigenvalue weighted by Crippen LogP contribution is -2.17. The Morgan fingerprint density at radius 3 is 2.75 bits per heavy atom. The molecule has 0 aliphatic rings. The molecule has 0 aliphatic heterocycles. The van der Waals surface area contributed by atoms with Crippen LogP contribution in [0.25, 0.3) is 0 Å². The Morgan fingerprint density at radius 2 is 2.25 bits per heavy atom. The second kappa shape index (κ2) is 3.70. The summed E-state index contributed by atoms with van der Waals surface area (Å²) >= 11 is 5.77. The molecule has 0 amide bonds. The van der Waals surface area contributed by atoms with Gasteiger partial charge >= 0.3 is 0 Å². The number of benzene rings is 1. The smallest absolute Gasteiger partial charge is 0.0677 e. The van der Waals surface area contributed by atoms with Gasteiger partial charge in [0.15, 0.2) is 0 Å². The van der Waals surface area contributed by atoms with Gasteiger partial charge in [-0.15, -0.1) is 0 Å². The highest BCUT2D eigenvalue weighted by Crippen LogP contribution is 2.16. The Kier molecular flexibility index (Phi) is 2.84.